The number of rotatable bonds is 7. The van der Waals surface area contributed by atoms with Crippen LogP contribution in [0.3, 0.4) is 0 Å². The molecule has 1 atom stereocenters. The van der Waals surface area contributed by atoms with Crippen LogP contribution < -0.4 is 9.64 Å². The average Bonchev–Trinajstić information content (AvgIpc) is 2.71. The molecule has 156 valence electrons. The number of benzene rings is 2. The number of hydrogen-bond acceptors (Lipinski definition) is 4. The van der Waals surface area contributed by atoms with Crippen LogP contribution >= 0.6 is 0 Å². The van der Waals surface area contributed by atoms with E-state index in [1.54, 1.807) is 7.11 Å². The lowest BCUT2D eigenvalue weighted by atomic mass is 9.67. The largest absolute Gasteiger partial charge is 0.496 e. The Morgan fingerprint density at radius 2 is 1.83 bits per heavy atom. The first kappa shape index (κ1) is 21.4. The molecule has 3 rings (SSSR count). The van der Waals surface area contributed by atoms with E-state index in [2.05, 4.69) is 75.3 Å². The van der Waals surface area contributed by atoms with Crippen molar-refractivity contribution in [3.05, 3.63) is 59.7 Å². The highest BCUT2D eigenvalue weighted by molar-refractivity contribution is 5.80. The van der Waals surface area contributed by atoms with Gasteiger partial charge in [-0.1, -0.05) is 30.3 Å². The third-order valence-corrected chi connectivity index (χ3v) is 5.89. The van der Waals surface area contributed by atoms with Crippen LogP contribution in [-0.4, -0.2) is 46.2 Å². The zero-order valence-corrected chi connectivity index (χ0v) is 18.4. The summed E-state index contributed by atoms with van der Waals surface area (Å²) in [6, 6.07) is 16.9. The molecule has 0 saturated carbocycles. The van der Waals surface area contributed by atoms with Gasteiger partial charge in [-0.2, -0.15) is 0 Å². The number of ether oxygens (including phenoxy) is 2. The number of anilines is 1. The molecule has 4 nitrogen and oxygen atoms in total. The van der Waals surface area contributed by atoms with Crippen LogP contribution in [-0.2, 0) is 10.2 Å². The Bertz CT molecular complexity index is 827. The van der Waals surface area contributed by atoms with Crippen LogP contribution in [0.2, 0.25) is 0 Å². The van der Waals surface area contributed by atoms with E-state index in [1.165, 1.54) is 11.3 Å². The lowest BCUT2D eigenvalue weighted by molar-refractivity contribution is -0.0839. The van der Waals surface area contributed by atoms with E-state index < -0.39 is 0 Å². The average molecular weight is 395 g/mol. The summed E-state index contributed by atoms with van der Waals surface area (Å²) >= 11 is 0. The first-order valence-electron chi connectivity index (χ1n) is 10.4. The molecule has 0 unspecified atom stereocenters. The molecule has 2 aromatic carbocycles. The van der Waals surface area contributed by atoms with Crippen molar-refractivity contribution in [2.45, 2.75) is 44.1 Å². The Kier molecular flexibility index (Phi) is 6.63. The molecule has 1 aliphatic rings. The summed E-state index contributed by atoms with van der Waals surface area (Å²) in [6.45, 7) is 5.92. The van der Waals surface area contributed by atoms with Gasteiger partial charge >= 0.3 is 0 Å². The Morgan fingerprint density at radius 1 is 1.10 bits per heavy atom. The van der Waals surface area contributed by atoms with Crippen molar-refractivity contribution >= 4 is 11.9 Å². The molecule has 0 bridgehead atoms. The maximum atomic E-state index is 6.04. The number of hydrogen-bond donors (Lipinski definition) is 0. The molecule has 0 N–H and O–H groups in total. The van der Waals surface area contributed by atoms with E-state index in [1.807, 2.05) is 12.3 Å². The van der Waals surface area contributed by atoms with Gasteiger partial charge in [0.2, 0.25) is 0 Å². The van der Waals surface area contributed by atoms with Crippen molar-refractivity contribution in [1.29, 1.82) is 0 Å². The highest BCUT2D eigenvalue weighted by atomic mass is 16.5. The number of aliphatic imine (C=N–C) groups is 1. The molecule has 0 aliphatic carbocycles. The molecule has 1 aliphatic heterocycles. The lowest BCUT2D eigenvalue weighted by Crippen LogP contribution is -2.44. The van der Waals surface area contributed by atoms with Crippen molar-refractivity contribution in [3.8, 4) is 5.75 Å². The van der Waals surface area contributed by atoms with Gasteiger partial charge in [0.05, 0.1) is 12.7 Å². The lowest BCUT2D eigenvalue weighted by Gasteiger charge is -2.45. The fraction of sp³-hybridized carbons (Fsp3) is 0.480. The minimum absolute atomic E-state index is 0.0144. The van der Waals surface area contributed by atoms with Crippen molar-refractivity contribution in [1.82, 2.24) is 0 Å². The Morgan fingerprint density at radius 3 is 2.48 bits per heavy atom. The molecule has 29 heavy (non-hydrogen) atoms. The van der Waals surface area contributed by atoms with Crippen molar-refractivity contribution in [3.63, 3.8) is 0 Å². The van der Waals surface area contributed by atoms with Gasteiger partial charge in [0.1, 0.15) is 5.75 Å². The van der Waals surface area contributed by atoms with Gasteiger partial charge in [-0.3, -0.25) is 4.99 Å². The van der Waals surface area contributed by atoms with Crippen LogP contribution in [0.5, 0.6) is 5.75 Å². The van der Waals surface area contributed by atoms with Gasteiger partial charge in [0.25, 0.3) is 0 Å². The predicted molar refractivity (Wildman–Crippen MR) is 122 cm³/mol. The highest BCUT2D eigenvalue weighted by Gasteiger charge is 2.43. The molecule has 1 saturated heterocycles. The van der Waals surface area contributed by atoms with Gasteiger partial charge in [-0.15, -0.1) is 0 Å². The molecular weight excluding hydrogens is 360 g/mol. The van der Waals surface area contributed by atoms with E-state index in [0.29, 0.717) is 0 Å². The molecule has 4 heteroatoms. The minimum Gasteiger partial charge on any atom is -0.496 e. The molecule has 0 spiro atoms. The van der Waals surface area contributed by atoms with Crippen LogP contribution in [0.15, 0.2) is 53.5 Å². The fourth-order valence-corrected chi connectivity index (χ4v) is 4.44. The van der Waals surface area contributed by atoms with E-state index >= 15 is 0 Å². The zero-order chi connectivity index (χ0) is 20.9. The summed E-state index contributed by atoms with van der Waals surface area (Å²) in [5.74, 6) is 0.966. The normalized spacial score (nSPS) is 21.3. The highest BCUT2D eigenvalue weighted by Crippen LogP contribution is 2.47. The Labute approximate surface area is 175 Å². The summed E-state index contributed by atoms with van der Waals surface area (Å²) in [5, 5.41) is 0. The first-order valence-corrected chi connectivity index (χ1v) is 10.4. The van der Waals surface area contributed by atoms with E-state index in [0.717, 1.165) is 43.7 Å². The van der Waals surface area contributed by atoms with Gasteiger partial charge in [0.15, 0.2) is 0 Å². The molecule has 0 amide bonds. The van der Waals surface area contributed by atoms with Crippen molar-refractivity contribution < 1.29 is 9.47 Å². The minimum atomic E-state index is -0.148. The molecular formula is C25H34N2O2. The van der Waals surface area contributed by atoms with Crippen molar-refractivity contribution in [2.75, 3.05) is 39.3 Å². The standard InChI is InChI=1S/C25H34N2O2/c1-24(2)19-25(15-17-29-24,22-8-6-7-9-23(22)28-5)14-16-26-18-20-10-12-21(13-11-20)27(3)4/h6-13,18H,14-17,19H2,1-5H3/t25-/m1/s1. The second-order valence-corrected chi connectivity index (χ2v) is 8.79. The predicted octanol–water partition coefficient (Wildman–Crippen LogP) is 5.10. The third kappa shape index (κ3) is 5.18. The maximum absolute atomic E-state index is 6.04. The number of para-hydroxylation sites is 1. The Hall–Kier alpha value is -2.33. The summed E-state index contributed by atoms with van der Waals surface area (Å²) in [7, 11) is 5.86. The van der Waals surface area contributed by atoms with Gasteiger partial charge < -0.3 is 14.4 Å². The monoisotopic (exact) mass is 394 g/mol. The molecule has 1 fully saturated rings. The fourth-order valence-electron chi connectivity index (χ4n) is 4.44. The van der Waals surface area contributed by atoms with E-state index in [-0.39, 0.29) is 11.0 Å². The second kappa shape index (κ2) is 9.00. The van der Waals surface area contributed by atoms with Gasteiger partial charge in [-0.25, -0.2) is 0 Å². The summed E-state index contributed by atoms with van der Waals surface area (Å²) in [6.07, 6.45) is 4.92. The van der Waals surface area contributed by atoms with Crippen LogP contribution in [0.1, 0.15) is 44.2 Å². The summed E-state index contributed by atoms with van der Waals surface area (Å²) in [5.41, 5.74) is 3.48. The molecule has 0 aromatic heterocycles. The van der Waals surface area contributed by atoms with Crippen molar-refractivity contribution in [2.24, 2.45) is 4.99 Å². The van der Waals surface area contributed by atoms with E-state index in [4.69, 9.17) is 14.5 Å². The van der Waals surface area contributed by atoms with E-state index in [9.17, 15) is 0 Å². The van der Waals surface area contributed by atoms with Crippen LogP contribution in [0, 0.1) is 0 Å². The molecule has 0 radical (unpaired) electrons. The SMILES string of the molecule is COc1ccccc1[C@]1(CCN=Cc2ccc(N(C)C)cc2)CCOC(C)(C)C1. The molecule has 2 aromatic rings. The second-order valence-electron chi connectivity index (χ2n) is 8.79. The van der Waals surface area contributed by atoms with Crippen LogP contribution in [0.25, 0.3) is 0 Å². The number of methoxy groups -OCH3 is 1. The zero-order valence-electron chi connectivity index (χ0n) is 18.4. The topological polar surface area (TPSA) is 34.1 Å². The Balaban J connectivity index is 1.77. The molecule has 1 heterocycles. The first-order chi connectivity index (χ1) is 13.9. The summed E-state index contributed by atoms with van der Waals surface area (Å²) < 4.78 is 11.8. The maximum Gasteiger partial charge on any atom is 0.122 e. The number of nitrogens with zero attached hydrogens (tertiary/aromatic N) is 2. The summed E-state index contributed by atoms with van der Waals surface area (Å²) in [4.78, 5) is 6.87. The van der Waals surface area contributed by atoms with Gasteiger partial charge in [0, 0.05) is 50.1 Å². The smallest absolute Gasteiger partial charge is 0.122 e. The quantitative estimate of drug-likeness (QED) is 0.613. The van der Waals surface area contributed by atoms with Crippen LogP contribution in [0.4, 0.5) is 5.69 Å². The third-order valence-electron chi connectivity index (χ3n) is 5.89. The van der Waals surface area contributed by atoms with Gasteiger partial charge in [-0.05, 0) is 56.9 Å².